The van der Waals surface area contributed by atoms with Crippen molar-refractivity contribution in [1.82, 2.24) is 4.90 Å². The molecule has 0 aliphatic carbocycles. The lowest BCUT2D eigenvalue weighted by Gasteiger charge is -2.25. The molecule has 0 atom stereocenters. The molecule has 0 saturated carbocycles. The van der Waals surface area contributed by atoms with Crippen molar-refractivity contribution in [3.63, 3.8) is 0 Å². The average molecular weight is 245 g/mol. The highest BCUT2D eigenvalue weighted by atomic mass is 15.1. The highest BCUT2D eigenvalue weighted by molar-refractivity contribution is 6.08. The van der Waals surface area contributed by atoms with Gasteiger partial charge in [-0.25, -0.2) is 0 Å². The highest BCUT2D eigenvalue weighted by Gasteiger charge is 2.19. The summed E-state index contributed by atoms with van der Waals surface area (Å²) in [6.45, 7) is 0.926. The number of benzene rings is 1. The Hall–Kier alpha value is -2.35. The molecular formula is C17H13N2. The van der Waals surface area contributed by atoms with Crippen molar-refractivity contribution in [2.24, 2.45) is 4.99 Å². The molecule has 3 heterocycles. The van der Waals surface area contributed by atoms with Gasteiger partial charge in [-0.1, -0.05) is 30.4 Å². The van der Waals surface area contributed by atoms with E-state index in [1.165, 1.54) is 5.56 Å². The van der Waals surface area contributed by atoms with E-state index in [9.17, 15) is 0 Å². The van der Waals surface area contributed by atoms with Gasteiger partial charge < -0.3 is 4.90 Å². The molecule has 0 amide bonds. The van der Waals surface area contributed by atoms with Crippen molar-refractivity contribution < 1.29 is 0 Å². The van der Waals surface area contributed by atoms with E-state index in [1.54, 1.807) is 0 Å². The lowest BCUT2D eigenvalue weighted by molar-refractivity contribution is 0.518. The summed E-state index contributed by atoms with van der Waals surface area (Å²) < 4.78 is 0. The molecule has 1 aromatic carbocycles. The van der Waals surface area contributed by atoms with Gasteiger partial charge in [0.25, 0.3) is 0 Å². The third-order valence-electron chi connectivity index (χ3n) is 3.60. The standard InChI is InChI=1S/C17H13N2/c1-2-7-16-13(5-1)12-17(18-16)14-8-10-19-9-4-3-6-15(19)11-14/h1-8,10H,9,12H2. The Kier molecular flexibility index (Phi) is 2.27. The van der Waals surface area contributed by atoms with Crippen LogP contribution in [0.2, 0.25) is 0 Å². The molecule has 2 heteroatoms. The van der Waals surface area contributed by atoms with E-state index < -0.39 is 0 Å². The Morgan fingerprint density at radius 1 is 1.21 bits per heavy atom. The van der Waals surface area contributed by atoms with Gasteiger partial charge in [0.15, 0.2) is 0 Å². The quantitative estimate of drug-likeness (QED) is 0.741. The second-order valence-corrected chi connectivity index (χ2v) is 4.85. The predicted molar refractivity (Wildman–Crippen MR) is 77.1 cm³/mol. The van der Waals surface area contributed by atoms with Gasteiger partial charge in [-0.05, 0) is 23.8 Å². The summed E-state index contributed by atoms with van der Waals surface area (Å²) in [6.07, 6.45) is 14.9. The van der Waals surface area contributed by atoms with Crippen molar-refractivity contribution in [1.29, 1.82) is 0 Å². The third kappa shape index (κ3) is 1.76. The van der Waals surface area contributed by atoms with Gasteiger partial charge >= 0.3 is 0 Å². The second kappa shape index (κ2) is 4.09. The van der Waals surface area contributed by atoms with Gasteiger partial charge in [0.1, 0.15) is 0 Å². The molecule has 0 unspecified atom stereocenters. The Labute approximate surface area is 112 Å². The Morgan fingerprint density at radius 3 is 3.11 bits per heavy atom. The van der Waals surface area contributed by atoms with Crippen LogP contribution in [-0.2, 0) is 6.42 Å². The molecular weight excluding hydrogens is 232 g/mol. The Balaban J connectivity index is 1.69. The molecule has 0 aromatic heterocycles. The van der Waals surface area contributed by atoms with Crippen LogP contribution in [0.15, 0.2) is 71.0 Å². The van der Waals surface area contributed by atoms with Gasteiger partial charge in [-0.2, -0.15) is 0 Å². The SMILES string of the molecule is [C]1=C(C2=Nc3ccccc3C2)C=CN2CC=CC=C12. The van der Waals surface area contributed by atoms with Gasteiger partial charge in [0.2, 0.25) is 0 Å². The fraction of sp³-hybridized carbons (Fsp3) is 0.118. The number of hydrogen-bond acceptors (Lipinski definition) is 2. The van der Waals surface area contributed by atoms with Crippen molar-refractivity contribution in [2.75, 3.05) is 6.54 Å². The summed E-state index contributed by atoms with van der Waals surface area (Å²) >= 11 is 0. The molecule has 4 rings (SSSR count). The van der Waals surface area contributed by atoms with Gasteiger partial charge in [0.05, 0.1) is 11.4 Å². The topological polar surface area (TPSA) is 15.6 Å². The minimum atomic E-state index is 0.909. The first-order chi connectivity index (χ1) is 9.40. The summed E-state index contributed by atoms with van der Waals surface area (Å²) in [5.74, 6) is 0. The predicted octanol–water partition coefficient (Wildman–Crippen LogP) is 3.33. The normalized spacial score (nSPS) is 19.6. The lowest BCUT2D eigenvalue weighted by Crippen LogP contribution is -2.21. The van der Waals surface area contributed by atoms with Crippen molar-refractivity contribution >= 4 is 11.4 Å². The molecule has 3 aliphatic rings. The fourth-order valence-corrected chi connectivity index (χ4v) is 2.58. The zero-order chi connectivity index (χ0) is 12.7. The number of aliphatic imine (C=N–C) groups is 1. The first-order valence-corrected chi connectivity index (χ1v) is 6.52. The van der Waals surface area contributed by atoms with Crippen molar-refractivity contribution in [2.45, 2.75) is 6.42 Å². The Bertz CT molecular complexity index is 687. The van der Waals surface area contributed by atoms with Crippen LogP contribution in [0.3, 0.4) is 0 Å². The fourth-order valence-electron chi connectivity index (χ4n) is 2.58. The molecule has 1 radical (unpaired) electrons. The minimum Gasteiger partial charge on any atom is -0.344 e. The summed E-state index contributed by atoms with van der Waals surface area (Å²) in [6, 6.07) is 8.33. The third-order valence-corrected chi connectivity index (χ3v) is 3.60. The number of para-hydroxylation sites is 1. The molecule has 1 aromatic rings. The van der Waals surface area contributed by atoms with E-state index in [0.29, 0.717) is 0 Å². The first-order valence-electron chi connectivity index (χ1n) is 6.52. The van der Waals surface area contributed by atoms with Crippen LogP contribution in [0, 0.1) is 6.08 Å². The molecule has 3 aliphatic heterocycles. The van der Waals surface area contributed by atoms with Gasteiger partial charge in [0, 0.05) is 36.5 Å². The maximum Gasteiger partial charge on any atom is 0.0669 e. The van der Waals surface area contributed by atoms with Crippen LogP contribution < -0.4 is 0 Å². The van der Waals surface area contributed by atoms with Crippen LogP contribution in [-0.4, -0.2) is 17.2 Å². The summed E-state index contributed by atoms with van der Waals surface area (Å²) in [5, 5.41) is 0. The summed E-state index contributed by atoms with van der Waals surface area (Å²) in [4.78, 5) is 6.90. The molecule has 0 fully saturated rings. The molecule has 19 heavy (non-hydrogen) atoms. The monoisotopic (exact) mass is 245 g/mol. The van der Waals surface area contributed by atoms with E-state index in [-0.39, 0.29) is 0 Å². The Morgan fingerprint density at radius 2 is 2.16 bits per heavy atom. The highest BCUT2D eigenvalue weighted by Crippen LogP contribution is 2.30. The van der Waals surface area contributed by atoms with E-state index in [1.807, 2.05) is 6.07 Å². The number of fused-ring (bicyclic) bond motifs is 2. The molecule has 2 nitrogen and oxygen atoms in total. The van der Waals surface area contributed by atoms with Crippen LogP contribution in [0.25, 0.3) is 0 Å². The first kappa shape index (κ1) is 10.6. The second-order valence-electron chi connectivity index (χ2n) is 4.85. The lowest BCUT2D eigenvalue weighted by atomic mass is 10.0. The van der Waals surface area contributed by atoms with E-state index in [2.05, 4.69) is 59.7 Å². The summed E-state index contributed by atoms with van der Waals surface area (Å²) in [5.41, 5.74) is 5.75. The molecule has 0 N–H and O–H groups in total. The number of nitrogens with zero attached hydrogens (tertiary/aromatic N) is 2. The minimum absolute atomic E-state index is 0.909. The summed E-state index contributed by atoms with van der Waals surface area (Å²) in [7, 11) is 0. The van der Waals surface area contributed by atoms with Gasteiger partial charge in [-0.3, -0.25) is 4.99 Å². The molecule has 0 spiro atoms. The number of hydrogen-bond donors (Lipinski definition) is 0. The number of allylic oxidation sites excluding steroid dienone is 5. The van der Waals surface area contributed by atoms with Crippen LogP contribution in [0.5, 0.6) is 0 Å². The van der Waals surface area contributed by atoms with Crippen molar-refractivity contribution in [3.8, 4) is 0 Å². The van der Waals surface area contributed by atoms with Crippen molar-refractivity contribution in [3.05, 3.63) is 77.7 Å². The molecule has 0 saturated heterocycles. The van der Waals surface area contributed by atoms with E-state index >= 15 is 0 Å². The maximum absolute atomic E-state index is 4.72. The van der Waals surface area contributed by atoms with Crippen LogP contribution in [0.1, 0.15) is 5.56 Å². The van der Waals surface area contributed by atoms with E-state index in [0.717, 1.165) is 35.6 Å². The smallest absolute Gasteiger partial charge is 0.0669 e. The number of rotatable bonds is 1. The van der Waals surface area contributed by atoms with E-state index in [4.69, 9.17) is 4.99 Å². The van der Waals surface area contributed by atoms with Crippen LogP contribution in [0.4, 0.5) is 5.69 Å². The zero-order valence-corrected chi connectivity index (χ0v) is 10.5. The zero-order valence-electron chi connectivity index (χ0n) is 10.5. The average Bonchev–Trinajstić information content (AvgIpc) is 2.90. The largest absolute Gasteiger partial charge is 0.344 e. The van der Waals surface area contributed by atoms with Crippen LogP contribution >= 0.6 is 0 Å². The molecule has 0 bridgehead atoms. The molecule has 91 valence electrons. The van der Waals surface area contributed by atoms with Gasteiger partial charge in [-0.15, -0.1) is 0 Å². The maximum atomic E-state index is 4.72.